The summed E-state index contributed by atoms with van der Waals surface area (Å²) in [7, 11) is 0. The normalized spacial score (nSPS) is 18.5. The van der Waals surface area contributed by atoms with Gasteiger partial charge in [0, 0.05) is 30.1 Å². The van der Waals surface area contributed by atoms with Crippen molar-refractivity contribution in [3.8, 4) is 0 Å². The van der Waals surface area contributed by atoms with Crippen LogP contribution in [0.5, 0.6) is 0 Å². The molecule has 0 atom stereocenters. The van der Waals surface area contributed by atoms with Crippen molar-refractivity contribution >= 4 is 11.6 Å². The van der Waals surface area contributed by atoms with Crippen LogP contribution < -0.4 is 5.32 Å². The Morgan fingerprint density at radius 2 is 2.06 bits per heavy atom. The third-order valence-electron chi connectivity index (χ3n) is 3.72. The smallest absolute Gasteiger partial charge is 0.0499 e. The summed E-state index contributed by atoms with van der Waals surface area (Å²) in [5.41, 5.74) is 1.32. The topological polar surface area (TPSA) is 32.3 Å². The van der Waals surface area contributed by atoms with Crippen LogP contribution in [0.3, 0.4) is 0 Å². The maximum absolute atomic E-state index is 9.50. The second kappa shape index (κ2) is 5.85. The van der Waals surface area contributed by atoms with Crippen LogP contribution in [0.4, 0.5) is 0 Å². The summed E-state index contributed by atoms with van der Waals surface area (Å²) >= 11 is 5.94. The summed E-state index contributed by atoms with van der Waals surface area (Å²) in [5.74, 6) is 0. The molecule has 1 fully saturated rings. The molecule has 17 heavy (non-hydrogen) atoms. The Labute approximate surface area is 108 Å². The Bertz CT molecular complexity index is 361. The standard InChI is InChI=1S/C14H20ClNO/c15-13-5-3-4-12(8-13)9-16-10-14(11-17)6-1-2-7-14/h3-5,8,16-17H,1-2,6-7,9-11H2. The molecule has 0 spiro atoms. The highest BCUT2D eigenvalue weighted by atomic mass is 35.5. The number of aliphatic hydroxyl groups is 1. The molecule has 0 bridgehead atoms. The SMILES string of the molecule is OCC1(CNCc2cccc(Cl)c2)CCCC1. The van der Waals surface area contributed by atoms with Crippen molar-refractivity contribution in [1.29, 1.82) is 0 Å². The summed E-state index contributed by atoms with van der Waals surface area (Å²) in [6.45, 7) is 2.02. The van der Waals surface area contributed by atoms with Crippen molar-refractivity contribution in [3.05, 3.63) is 34.9 Å². The molecule has 94 valence electrons. The fraction of sp³-hybridized carbons (Fsp3) is 0.571. The molecule has 3 heteroatoms. The van der Waals surface area contributed by atoms with Gasteiger partial charge in [0.25, 0.3) is 0 Å². The quantitative estimate of drug-likeness (QED) is 0.846. The first-order chi connectivity index (χ1) is 8.24. The first-order valence-electron chi connectivity index (χ1n) is 6.30. The van der Waals surface area contributed by atoms with E-state index in [2.05, 4.69) is 11.4 Å². The van der Waals surface area contributed by atoms with E-state index in [0.717, 1.165) is 31.0 Å². The molecule has 2 N–H and O–H groups in total. The molecule has 0 heterocycles. The number of benzene rings is 1. The molecule has 0 aliphatic heterocycles. The van der Waals surface area contributed by atoms with E-state index in [1.54, 1.807) is 0 Å². The van der Waals surface area contributed by atoms with Crippen molar-refractivity contribution in [2.45, 2.75) is 32.2 Å². The van der Waals surface area contributed by atoms with Crippen LogP contribution in [0.25, 0.3) is 0 Å². The van der Waals surface area contributed by atoms with Crippen molar-refractivity contribution in [2.24, 2.45) is 5.41 Å². The summed E-state index contributed by atoms with van der Waals surface area (Å²) in [6.07, 6.45) is 4.79. The van der Waals surface area contributed by atoms with E-state index in [1.807, 2.05) is 18.2 Å². The van der Waals surface area contributed by atoms with Crippen LogP contribution in [0.15, 0.2) is 24.3 Å². The predicted octanol–water partition coefficient (Wildman–Crippen LogP) is 2.98. The number of hydrogen-bond donors (Lipinski definition) is 2. The number of halogens is 1. The molecule has 1 aliphatic rings. The molecule has 0 amide bonds. The van der Waals surface area contributed by atoms with E-state index >= 15 is 0 Å². The van der Waals surface area contributed by atoms with Crippen LogP contribution in [-0.4, -0.2) is 18.3 Å². The van der Waals surface area contributed by atoms with Gasteiger partial charge >= 0.3 is 0 Å². The van der Waals surface area contributed by atoms with Gasteiger partial charge in [-0.3, -0.25) is 0 Å². The molecule has 0 unspecified atom stereocenters. The zero-order chi connectivity index (χ0) is 12.1. The number of rotatable bonds is 5. The molecule has 1 aliphatic carbocycles. The zero-order valence-corrected chi connectivity index (χ0v) is 10.8. The summed E-state index contributed by atoms with van der Waals surface area (Å²) in [6, 6.07) is 7.90. The molecule has 1 aromatic carbocycles. The minimum atomic E-state index is 0.124. The second-order valence-electron chi connectivity index (χ2n) is 5.10. The van der Waals surface area contributed by atoms with E-state index in [4.69, 9.17) is 11.6 Å². The molecule has 0 saturated heterocycles. The third kappa shape index (κ3) is 3.44. The van der Waals surface area contributed by atoms with E-state index in [0.29, 0.717) is 6.61 Å². The van der Waals surface area contributed by atoms with Crippen molar-refractivity contribution < 1.29 is 5.11 Å². The molecular formula is C14H20ClNO. The fourth-order valence-corrected chi connectivity index (χ4v) is 2.85. The average molecular weight is 254 g/mol. The largest absolute Gasteiger partial charge is 0.396 e. The molecular weight excluding hydrogens is 234 g/mol. The number of hydrogen-bond acceptors (Lipinski definition) is 2. The fourth-order valence-electron chi connectivity index (χ4n) is 2.63. The molecule has 0 aromatic heterocycles. The zero-order valence-electron chi connectivity index (χ0n) is 10.1. The van der Waals surface area contributed by atoms with Crippen LogP contribution >= 0.6 is 11.6 Å². The molecule has 2 rings (SSSR count). The minimum Gasteiger partial charge on any atom is -0.396 e. The Morgan fingerprint density at radius 1 is 1.29 bits per heavy atom. The van der Waals surface area contributed by atoms with Gasteiger partial charge in [-0.15, -0.1) is 0 Å². The monoisotopic (exact) mass is 253 g/mol. The van der Waals surface area contributed by atoms with E-state index in [-0.39, 0.29) is 5.41 Å². The van der Waals surface area contributed by atoms with Crippen LogP contribution in [-0.2, 0) is 6.54 Å². The highest BCUT2D eigenvalue weighted by molar-refractivity contribution is 6.30. The van der Waals surface area contributed by atoms with E-state index < -0.39 is 0 Å². The minimum absolute atomic E-state index is 0.124. The summed E-state index contributed by atoms with van der Waals surface area (Å²) in [5, 5.41) is 13.7. The number of nitrogens with one attached hydrogen (secondary N) is 1. The second-order valence-corrected chi connectivity index (χ2v) is 5.54. The van der Waals surface area contributed by atoms with Gasteiger partial charge < -0.3 is 10.4 Å². The van der Waals surface area contributed by atoms with Gasteiger partial charge in [0.05, 0.1) is 0 Å². The van der Waals surface area contributed by atoms with E-state index in [9.17, 15) is 5.11 Å². The van der Waals surface area contributed by atoms with Gasteiger partial charge in [-0.2, -0.15) is 0 Å². The molecule has 1 aromatic rings. The molecule has 0 radical (unpaired) electrons. The Hall–Kier alpha value is -0.570. The van der Waals surface area contributed by atoms with Gasteiger partial charge in [-0.25, -0.2) is 0 Å². The van der Waals surface area contributed by atoms with Gasteiger partial charge in [0.2, 0.25) is 0 Å². The van der Waals surface area contributed by atoms with E-state index in [1.165, 1.54) is 18.4 Å². The third-order valence-corrected chi connectivity index (χ3v) is 3.95. The summed E-state index contributed by atoms with van der Waals surface area (Å²) < 4.78 is 0. The maximum atomic E-state index is 9.50. The first-order valence-corrected chi connectivity index (χ1v) is 6.68. The maximum Gasteiger partial charge on any atom is 0.0499 e. The Morgan fingerprint density at radius 3 is 2.71 bits per heavy atom. The lowest BCUT2D eigenvalue weighted by Gasteiger charge is -2.26. The van der Waals surface area contributed by atoms with Gasteiger partial charge in [0.15, 0.2) is 0 Å². The Kier molecular flexibility index (Phi) is 4.43. The lowest BCUT2D eigenvalue weighted by molar-refractivity contribution is 0.128. The number of aliphatic hydroxyl groups excluding tert-OH is 1. The van der Waals surface area contributed by atoms with Crippen LogP contribution in [0.1, 0.15) is 31.2 Å². The predicted molar refractivity (Wildman–Crippen MR) is 71.1 cm³/mol. The first kappa shape index (κ1) is 12.9. The highest BCUT2D eigenvalue weighted by Gasteiger charge is 2.32. The summed E-state index contributed by atoms with van der Waals surface area (Å²) in [4.78, 5) is 0. The van der Waals surface area contributed by atoms with Crippen LogP contribution in [0, 0.1) is 5.41 Å². The average Bonchev–Trinajstić information content (AvgIpc) is 2.79. The Balaban J connectivity index is 1.82. The van der Waals surface area contributed by atoms with Crippen molar-refractivity contribution in [3.63, 3.8) is 0 Å². The highest BCUT2D eigenvalue weighted by Crippen LogP contribution is 2.36. The van der Waals surface area contributed by atoms with Gasteiger partial charge in [-0.05, 0) is 30.5 Å². The lowest BCUT2D eigenvalue weighted by Crippen LogP contribution is -2.34. The van der Waals surface area contributed by atoms with Crippen molar-refractivity contribution in [2.75, 3.05) is 13.2 Å². The van der Waals surface area contributed by atoms with Gasteiger partial charge in [-0.1, -0.05) is 36.6 Å². The van der Waals surface area contributed by atoms with Gasteiger partial charge in [0.1, 0.15) is 0 Å². The lowest BCUT2D eigenvalue weighted by atomic mass is 9.87. The van der Waals surface area contributed by atoms with Crippen molar-refractivity contribution in [1.82, 2.24) is 5.32 Å². The molecule has 2 nitrogen and oxygen atoms in total. The molecule has 1 saturated carbocycles. The van der Waals surface area contributed by atoms with Crippen LogP contribution in [0.2, 0.25) is 5.02 Å².